The number of hydrogen-bond acceptors (Lipinski definition) is 3. The lowest BCUT2D eigenvalue weighted by Gasteiger charge is -2.35. The molecule has 1 saturated heterocycles. The first-order chi connectivity index (χ1) is 13.0. The summed E-state index contributed by atoms with van der Waals surface area (Å²) < 4.78 is 16.4. The van der Waals surface area contributed by atoms with E-state index in [1.165, 1.54) is 16.8 Å². The van der Waals surface area contributed by atoms with Crippen LogP contribution in [0.25, 0.3) is 10.2 Å². The van der Waals surface area contributed by atoms with E-state index in [4.69, 9.17) is 0 Å². The van der Waals surface area contributed by atoms with E-state index in [1.807, 2.05) is 23.1 Å². The molecule has 6 heteroatoms. The highest BCUT2D eigenvalue weighted by atomic mass is 32.1. The molecule has 0 bridgehead atoms. The van der Waals surface area contributed by atoms with Gasteiger partial charge in [-0.15, -0.1) is 11.3 Å². The van der Waals surface area contributed by atoms with Crippen molar-refractivity contribution in [1.29, 1.82) is 0 Å². The van der Waals surface area contributed by atoms with Gasteiger partial charge in [0, 0.05) is 38.8 Å². The zero-order valence-corrected chi connectivity index (χ0v) is 16.5. The van der Waals surface area contributed by atoms with Crippen molar-refractivity contribution in [2.75, 3.05) is 26.2 Å². The third-order valence-electron chi connectivity index (χ3n) is 5.17. The molecular formula is C21H24FN3OS. The molecule has 1 fully saturated rings. The van der Waals surface area contributed by atoms with Crippen molar-refractivity contribution >= 4 is 27.5 Å². The molecule has 27 heavy (non-hydrogen) atoms. The van der Waals surface area contributed by atoms with Crippen molar-refractivity contribution in [3.05, 3.63) is 58.9 Å². The van der Waals surface area contributed by atoms with Crippen LogP contribution in [0.3, 0.4) is 0 Å². The summed E-state index contributed by atoms with van der Waals surface area (Å²) in [6, 6.07) is 11.0. The van der Waals surface area contributed by atoms with Crippen LogP contribution in [-0.4, -0.2) is 46.5 Å². The van der Waals surface area contributed by atoms with Crippen LogP contribution in [0.1, 0.15) is 35.9 Å². The third kappa shape index (κ3) is 3.64. The van der Waals surface area contributed by atoms with Gasteiger partial charge in [-0.05, 0) is 49.1 Å². The summed E-state index contributed by atoms with van der Waals surface area (Å²) in [6.45, 7) is 8.14. The van der Waals surface area contributed by atoms with Crippen molar-refractivity contribution in [2.45, 2.75) is 26.4 Å². The van der Waals surface area contributed by atoms with Crippen LogP contribution in [0.2, 0.25) is 0 Å². The molecule has 4 nitrogen and oxygen atoms in total. The fraction of sp³-hybridized carbons (Fsp3) is 0.381. The Labute approximate surface area is 162 Å². The predicted molar refractivity (Wildman–Crippen MR) is 108 cm³/mol. The standard InChI is InChI=1S/C21H24FN3OS/c1-15(2)25-18-7-12-27-20(18)13-19(25)21(26)24-10-8-23(9-11-24)14-16-3-5-17(22)6-4-16/h3-7,12-13,15H,8-11,14H2,1-2H3. The topological polar surface area (TPSA) is 28.5 Å². The Balaban J connectivity index is 1.44. The molecule has 4 rings (SSSR count). The lowest BCUT2D eigenvalue weighted by atomic mass is 10.2. The largest absolute Gasteiger partial charge is 0.335 e. The Hall–Kier alpha value is -2.18. The Kier molecular flexibility index (Phi) is 5.02. The summed E-state index contributed by atoms with van der Waals surface area (Å²) in [5.74, 6) is -0.0873. The van der Waals surface area contributed by atoms with Gasteiger partial charge in [0.2, 0.25) is 0 Å². The minimum Gasteiger partial charge on any atom is -0.335 e. The summed E-state index contributed by atoms with van der Waals surface area (Å²) in [6.07, 6.45) is 0. The normalized spacial score (nSPS) is 15.8. The molecule has 0 spiro atoms. The highest BCUT2D eigenvalue weighted by Crippen LogP contribution is 2.29. The number of amides is 1. The Morgan fingerprint density at radius 2 is 1.81 bits per heavy atom. The first-order valence-corrected chi connectivity index (χ1v) is 10.3. The van der Waals surface area contributed by atoms with Crippen LogP contribution in [0, 0.1) is 5.82 Å². The molecule has 1 aliphatic rings. The minimum atomic E-state index is -0.206. The maximum absolute atomic E-state index is 13.1. The van der Waals surface area contributed by atoms with E-state index in [0.717, 1.165) is 49.5 Å². The second-order valence-corrected chi connectivity index (χ2v) is 8.31. The second-order valence-electron chi connectivity index (χ2n) is 7.36. The number of nitrogens with zero attached hydrogens (tertiary/aromatic N) is 3. The molecule has 3 heterocycles. The Morgan fingerprint density at radius 3 is 2.48 bits per heavy atom. The molecule has 0 N–H and O–H groups in total. The number of hydrogen-bond donors (Lipinski definition) is 0. The van der Waals surface area contributed by atoms with Gasteiger partial charge in [0.15, 0.2) is 0 Å². The van der Waals surface area contributed by atoms with Gasteiger partial charge in [0.25, 0.3) is 5.91 Å². The molecule has 1 aromatic carbocycles. The highest BCUT2D eigenvalue weighted by Gasteiger charge is 2.26. The third-order valence-corrected chi connectivity index (χ3v) is 6.03. The van der Waals surface area contributed by atoms with Gasteiger partial charge in [0.05, 0.1) is 10.2 Å². The number of benzene rings is 1. The Morgan fingerprint density at radius 1 is 1.11 bits per heavy atom. The predicted octanol–water partition coefficient (Wildman–Crippen LogP) is 4.38. The van der Waals surface area contributed by atoms with Gasteiger partial charge >= 0.3 is 0 Å². The van der Waals surface area contributed by atoms with Crippen LogP contribution in [0.15, 0.2) is 41.8 Å². The molecule has 3 aromatic rings. The van der Waals surface area contributed by atoms with E-state index in [0.29, 0.717) is 0 Å². The summed E-state index contributed by atoms with van der Waals surface area (Å²) in [5, 5.41) is 2.08. The number of halogens is 1. The van der Waals surface area contributed by atoms with Crippen LogP contribution < -0.4 is 0 Å². The first-order valence-electron chi connectivity index (χ1n) is 9.37. The number of carbonyl (C=O) groups excluding carboxylic acids is 1. The van der Waals surface area contributed by atoms with Crippen molar-refractivity contribution in [2.24, 2.45) is 0 Å². The minimum absolute atomic E-state index is 0.119. The molecule has 0 aliphatic carbocycles. The fourth-order valence-corrected chi connectivity index (χ4v) is 4.60. The lowest BCUT2D eigenvalue weighted by molar-refractivity contribution is 0.0617. The molecule has 0 atom stereocenters. The van der Waals surface area contributed by atoms with Crippen molar-refractivity contribution in [3.63, 3.8) is 0 Å². The number of piperazine rings is 1. The number of aromatic nitrogens is 1. The second kappa shape index (κ2) is 7.44. The van der Waals surface area contributed by atoms with Crippen LogP contribution in [0.4, 0.5) is 4.39 Å². The number of thiophene rings is 1. The fourth-order valence-electron chi connectivity index (χ4n) is 3.78. The van der Waals surface area contributed by atoms with E-state index in [2.05, 4.69) is 34.8 Å². The van der Waals surface area contributed by atoms with Gasteiger partial charge in [-0.25, -0.2) is 4.39 Å². The maximum Gasteiger partial charge on any atom is 0.270 e. The molecule has 142 valence electrons. The van der Waals surface area contributed by atoms with Crippen molar-refractivity contribution in [3.8, 4) is 0 Å². The smallest absolute Gasteiger partial charge is 0.270 e. The molecule has 0 unspecified atom stereocenters. The van der Waals surface area contributed by atoms with E-state index < -0.39 is 0 Å². The van der Waals surface area contributed by atoms with E-state index >= 15 is 0 Å². The number of rotatable bonds is 4. The summed E-state index contributed by atoms with van der Waals surface area (Å²) >= 11 is 1.68. The molecule has 1 aliphatic heterocycles. The lowest BCUT2D eigenvalue weighted by Crippen LogP contribution is -2.48. The van der Waals surface area contributed by atoms with Gasteiger partial charge < -0.3 is 9.47 Å². The van der Waals surface area contributed by atoms with Crippen LogP contribution >= 0.6 is 11.3 Å². The monoisotopic (exact) mass is 385 g/mol. The van der Waals surface area contributed by atoms with Gasteiger partial charge in [-0.3, -0.25) is 9.69 Å². The van der Waals surface area contributed by atoms with Crippen molar-refractivity contribution < 1.29 is 9.18 Å². The Bertz CT molecular complexity index is 936. The van der Waals surface area contributed by atoms with E-state index in [-0.39, 0.29) is 17.8 Å². The van der Waals surface area contributed by atoms with Crippen LogP contribution in [-0.2, 0) is 6.54 Å². The number of fused-ring (bicyclic) bond motifs is 1. The average Bonchev–Trinajstić information content (AvgIpc) is 3.24. The quantitative estimate of drug-likeness (QED) is 0.667. The van der Waals surface area contributed by atoms with Gasteiger partial charge in [-0.1, -0.05) is 12.1 Å². The molecule has 0 saturated carbocycles. The molecule has 1 amide bonds. The first kappa shape index (κ1) is 18.2. The number of carbonyl (C=O) groups is 1. The van der Waals surface area contributed by atoms with Crippen LogP contribution in [0.5, 0.6) is 0 Å². The van der Waals surface area contributed by atoms with Crippen molar-refractivity contribution in [1.82, 2.24) is 14.4 Å². The van der Waals surface area contributed by atoms with Gasteiger partial charge in [-0.2, -0.15) is 0 Å². The molecular weight excluding hydrogens is 361 g/mol. The summed E-state index contributed by atoms with van der Waals surface area (Å²) in [7, 11) is 0. The average molecular weight is 386 g/mol. The highest BCUT2D eigenvalue weighted by molar-refractivity contribution is 7.17. The zero-order chi connectivity index (χ0) is 19.0. The SMILES string of the molecule is CC(C)n1c(C(=O)N2CCN(Cc3ccc(F)cc3)CC2)cc2sccc21. The maximum atomic E-state index is 13.1. The summed E-state index contributed by atoms with van der Waals surface area (Å²) in [5.41, 5.74) is 3.04. The molecule has 2 aromatic heterocycles. The van der Waals surface area contributed by atoms with E-state index in [1.54, 1.807) is 11.3 Å². The zero-order valence-electron chi connectivity index (χ0n) is 15.7. The molecule has 0 radical (unpaired) electrons. The van der Waals surface area contributed by atoms with Gasteiger partial charge in [0.1, 0.15) is 11.5 Å². The van der Waals surface area contributed by atoms with E-state index in [9.17, 15) is 9.18 Å². The summed E-state index contributed by atoms with van der Waals surface area (Å²) in [4.78, 5) is 17.4.